The Hall–Kier alpha value is -1.51. The zero-order valence-electron chi connectivity index (χ0n) is 11.6. The molecule has 3 nitrogen and oxygen atoms in total. The Morgan fingerprint density at radius 1 is 1.47 bits per heavy atom. The largest absolute Gasteiger partial charge is 0.498 e. The predicted molar refractivity (Wildman–Crippen MR) is 77.8 cm³/mol. The number of allylic oxidation sites excluding steroid dienone is 5. The molecule has 2 atom stereocenters. The summed E-state index contributed by atoms with van der Waals surface area (Å²) in [6.07, 6.45) is 13.1. The molecule has 0 amide bonds. The van der Waals surface area contributed by atoms with Crippen molar-refractivity contribution in [1.29, 1.82) is 0 Å². The summed E-state index contributed by atoms with van der Waals surface area (Å²) in [5.74, 6) is 3.31. The molecule has 0 aromatic rings. The number of hydrogen-bond donors (Lipinski definition) is 1. The number of amidine groups is 1. The second kappa shape index (κ2) is 5.64. The van der Waals surface area contributed by atoms with Crippen molar-refractivity contribution in [2.24, 2.45) is 16.8 Å². The van der Waals surface area contributed by atoms with Gasteiger partial charge in [0.05, 0.1) is 6.61 Å². The van der Waals surface area contributed by atoms with Gasteiger partial charge in [-0.1, -0.05) is 25.2 Å². The molecule has 1 N–H and O–H groups in total. The molecule has 1 saturated heterocycles. The molecular weight excluding hydrogens is 236 g/mol. The van der Waals surface area contributed by atoms with Gasteiger partial charge in [-0.15, -0.1) is 0 Å². The smallest absolute Gasteiger partial charge is 0.106 e. The van der Waals surface area contributed by atoms with Gasteiger partial charge in [-0.3, -0.25) is 0 Å². The third kappa shape index (κ3) is 2.46. The number of nitrogens with one attached hydrogen (secondary N) is 1. The van der Waals surface area contributed by atoms with Crippen LogP contribution in [0.25, 0.3) is 0 Å². The summed E-state index contributed by atoms with van der Waals surface area (Å²) in [6.45, 7) is 4.03. The van der Waals surface area contributed by atoms with Crippen molar-refractivity contribution in [2.75, 3.05) is 13.2 Å². The minimum atomic E-state index is 0.436. The molecule has 3 heteroatoms. The van der Waals surface area contributed by atoms with Crippen molar-refractivity contribution >= 4 is 5.84 Å². The molecule has 0 radical (unpaired) electrons. The highest BCUT2D eigenvalue weighted by atomic mass is 16.5. The van der Waals surface area contributed by atoms with E-state index in [9.17, 15) is 0 Å². The summed E-state index contributed by atoms with van der Waals surface area (Å²) in [4.78, 5) is 4.46. The van der Waals surface area contributed by atoms with Crippen LogP contribution < -0.4 is 5.32 Å². The van der Waals surface area contributed by atoms with Gasteiger partial charge in [-0.05, 0) is 24.8 Å². The fraction of sp³-hybridized carbons (Fsp3) is 0.562. The maximum Gasteiger partial charge on any atom is 0.106 e. The van der Waals surface area contributed by atoms with E-state index in [2.05, 4.69) is 35.5 Å². The van der Waals surface area contributed by atoms with Crippen LogP contribution in [0.15, 0.2) is 40.8 Å². The van der Waals surface area contributed by atoms with Crippen molar-refractivity contribution in [3.8, 4) is 0 Å². The monoisotopic (exact) mass is 258 g/mol. The lowest BCUT2D eigenvalue weighted by molar-refractivity contribution is 0.196. The molecule has 19 heavy (non-hydrogen) atoms. The van der Waals surface area contributed by atoms with Gasteiger partial charge in [0.15, 0.2) is 0 Å². The topological polar surface area (TPSA) is 33.6 Å². The van der Waals surface area contributed by atoms with E-state index in [0.717, 1.165) is 38.2 Å². The van der Waals surface area contributed by atoms with Gasteiger partial charge in [0.1, 0.15) is 11.6 Å². The van der Waals surface area contributed by atoms with E-state index in [1.165, 1.54) is 17.8 Å². The van der Waals surface area contributed by atoms with Gasteiger partial charge >= 0.3 is 0 Å². The summed E-state index contributed by atoms with van der Waals surface area (Å²) >= 11 is 0. The normalized spacial score (nSPS) is 29.0. The lowest BCUT2D eigenvalue weighted by Crippen LogP contribution is -2.28. The number of fused-ring (bicyclic) bond motifs is 1. The molecule has 0 aromatic heterocycles. The third-order valence-electron chi connectivity index (χ3n) is 4.05. The van der Waals surface area contributed by atoms with Crippen LogP contribution in [0.4, 0.5) is 0 Å². The van der Waals surface area contributed by atoms with Crippen molar-refractivity contribution in [2.45, 2.75) is 32.6 Å². The van der Waals surface area contributed by atoms with Gasteiger partial charge < -0.3 is 10.1 Å². The van der Waals surface area contributed by atoms with Crippen molar-refractivity contribution in [1.82, 2.24) is 5.32 Å². The van der Waals surface area contributed by atoms with Crippen molar-refractivity contribution in [3.05, 3.63) is 35.8 Å². The van der Waals surface area contributed by atoms with Gasteiger partial charge in [0, 0.05) is 31.0 Å². The minimum absolute atomic E-state index is 0.436. The molecule has 3 rings (SSSR count). The van der Waals surface area contributed by atoms with Crippen LogP contribution in [0.1, 0.15) is 32.6 Å². The second-order valence-corrected chi connectivity index (χ2v) is 5.37. The van der Waals surface area contributed by atoms with Crippen LogP contribution in [0.3, 0.4) is 0 Å². The Kier molecular flexibility index (Phi) is 3.72. The fourth-order valence-corrected chi connectivity index (χ4v) is 3.12. The zero-order valence-corrected chi connectivity index (χ0v) is 11.6. The Morgan fingerprint density at radius 2 is 2.42 bits per heavy atom. The molecule has 1 aliphatic carbocycles. The van der Waals surface area contributed by atoms with Gasteiger partial charge in [0.2, 0.25) is 0 Å². The third-order valence-corrected chi connectivity index (χ3v) is 4.05. The summed E-state index contributed by atoms with van der Waals surface area (Å²) in [7, 11) is 0. The fourth-order valence-electron chi connectivity index (χ4n) is 3.12. The lowest BCUT2D eigenvalue weighted by Gasteiger charge is -2.27. The first kappa shape index (κ1) is 12.5. The average molecular weight is 258 g/mol. The average Bonchev–Trinajstić information content (AvgIpc) is 2.94. The molecule has 102 valence electrons. The number of aliphatic imine (C=N–C) groups is 1. The molecule has 0 aromatic carbocycles. The number of ether oxygens (including phenoxy) is 1. The molecule has 2 aliphatic heterocycles. The molecule has 0 saturated carbocycles. The van der Waals surface area contributed by atoms with E-state index in [-0.39, 0.29) is 0 Å². The van der Waals surface area contributed by atoms with Crippen LogP contribution in [0.2, 0.25) is 0 Å². The Balaban J connectivity index is 1.86. The maximum atomic E-state index is 5.98. The van der Waals surface area contributed by atoms with Crippen molar-refractivity contribution in [3.63, 3.8) is 0 Å². The second-order valence-electron chi connectivity index (χ2n) is 5.37. The van der Waals surface area contributed by atoms with E-state index in [0.29, 0.717) is 11.8 Å². The van der Waals surface area contributed by atoms with Gasteiger partial charge in [0.25, 0.3) is 0 Å². The molecule has 0 spiro atoms. The SMILES string of the molecule is CCCOC1=C(C2C=CN=C3NCCC32)C=CCC1. The summed E-state index contributed by atoms with van der Waals surface area (Å²) < 4.78 is 5.98. The van der Waals surface area contributed by atoms with E-state index < -0.39 is 0 Å². The van der Waals surface area contributed by atoms with Crippen LogP contribution in [0, 0.1) is 11.8 Å². The van der Waals surface area contributed by atoms with Crippen molar-refractivity contribution < 1.29 is 4.74 Å². The zero-order chi connectivity index (χ0) is 13.1. The standard InChI is InChI=1S/C16H22N2O/c1-2-11-19-15-6-4-3-5-13(15)12-7-9-17-16-14(12)8-10-18-16/h3,5,7,9,12,14H,2,4,6,8,10-11H2,1H3,(H,17,18). The highest BCUT2D eigenvalue weighted by Crippen LogP contribution is 2.36. The number of nitrogens with zero attached hydrogens (tertiary/aromatic N) is 1. The number of hydrogen-bond acceptors (Lipinski definition) is 3. The molecule has 2 heterocycles. The maximum absolute atomic E-state index is 5.98. The molecule has 0 bridgehead atoms. The van der Waals surface area contributed by atoms with Crippen LogP contribution in [-0.2, 0) is 4.74 Å². The first-order chi connectivity index (χ1) is 9.40. The Labute approximate surface area is 115 Å². The molecule has 3 aliphatic rings. The van der Waals surface area contributed by atoms with E-state index in [1.807, 2.05) is 6.20 Å². The first-order valence-corrected chi connectivity index (χ1v) is 7.40. The van der Waals surface area contributed by atoms with Crippen LogP contribution in [0.5, 0.6) is 0 Å². The quantitative estimate of drug-likeness (QED) is 0.840. The molecule has 1 fully saturated rings. The highest BCUT2D eigenvalue weighted by molar-refractivity contribution is 5.88. The summed E-state index contributed by atoms with van der Waals surface area (Å²) in [6, 6.07) is 0. The van der Waals surface area contributed by atoms with E-state index in [4.69, 9.17) is 4.74 Å². The molecule has 2 unspecified atom stereocenters. The highest BCUT2D eigenvalue weighted by Gasteiger charge is 2.34. The molecular formula is C16H22N2O. The van der Waals surface area contributed by atoms with E-state index in [1.54, 1.807) is 0 Å². The lowest BCUT2D eigenvalue weighted by atomic mass is 9.80. The van der Waals surface area contributed by atoms with Gasteiger partial charge in [-0.2, -0.15) is 0 Å². The minimum Gasteiger partial charge on any atom is -0.498 e. The summed E-state index contributed by atoms with van der Waals surface area (Å²) in [5, 5.41) is 3.40. The van der Waals surface area contributed by atoms with Gasteiger partial charge in [-0.25, -0.2) is 4.99 Å². The van der Waals surface area contributed by atoms with E-state index >= 15 is 0 Å². The van der Waals surface area contributed by atoms with Crippen LogP contribution >= 0.6 is 0 Å². The first-order valence-electron chi connectivity index (χ1n) is 7.40. The van der Waals surface area contributed by atoms with Crippen LogP contribution in [-0.4, -0.2) is 19.0 Å². The summed E-state index contributed by atoms with van der Waals surface area (Å²) in [5.41, 5.74) is 1.37. The number of rotatable bonds is 4. The Bertz CT molecular complexity index is 459. The Morgan fingerprint density at radius 3 is 3.32 bits per heavy atom. The predicted octanol–water partition coefficient (Wildman–Crippen LogP) is 3.17.